The van der Waals surface area contributed by atoms with Crippen molar-refractivity contribution in [3.05, 3.63) is 54.2 Å². The zero-order valence-electron chi connectivity index (χ0n) is 13.8. The van der Waals surface area contributed by atoms with Gasteiger partial charge in [0.15, 0.2) is 0 Å². The predicted molar refractivity (Wildman–Crippen MR) is 92.0 cm³/mol. The molecule has 0 aliphatic carbocycles. The van der Waals surface area contributed by atoms with Crippen LogP contribution in [0.4, 0.5) is 0 Å². The molecule has 25 heavy (non-hydrogen) atoms. The Morgan fingerprint density at radius 3 is 3.08 bits per heavy atom. The lowest BCUT2D eigenvalue weighted by molar-refractivity contribution is 0.0725. The molecule has 3 heterocycles. The fourth-order valence-corrected chi connectivity index (χ4v) is 3.19. The summed E-state index contributed by atoms with van der Waals surface area (Å²) in [7, 11) is 0. The largest absolute Gasteiger partial charge is 0.379 e. The van der Waals surface area contributed by atoms with Gasteiger partial charge < -0.3 is 9.64 Å². The maximum absolute atomic E-state index is 12.6. The van der Waals surface area contributed by atoms with Gasteiger partial charge in [-0.15, -0.1) is 0 Å². The lowest BCUT2D eigenvalue weighted by atomic mass is 9.98. The minimum atomic E-state index is -0.138. The van der Waals surface area contributed by atoms with Gasteiger partial charge in [0.05, 0.1) is 24.9 Å². The van der Waals surface area contributed by atoms with E-state index in [1.807, 2.05) is 12.3 Å². The van der Waals surface area contributed by atoms with Gasteiger partial charge in [0.1, 0.15) is 0 Å². The van der Waals surface area contributed by atoms with Gasteiger partial charge in [-0.1, -0.05) is 6.07 Å². The number of rotatable bonds is 3. The molecule has 7 nitrogen and oxygen atoms in total. The third kappa shape index (κ3) is 3.51. The molecule has 4 rings (SSSR count). The Morgan fingerprint density at radius 1 is 1.32 bits per heavy atom. The molecule has 1 aliphatic rings. The van der Waals surface area contributed by atoms with Crippen LogP contribution in [0, 0.1) is 5.92 Å². The van der Waals surface area contributed by atoms with Gasteiger partial charge >= 0.3 is 0 Å². The number of fused-ring (bicyclic) bond motifs is 1. The van der Waals surface area contributed by atoms with Crippen LogP contribution in [0.5, 0.6) is 0 Å². The second-order valence-corrected chi connectivity index (χ2v) is 6.26. The summed E-state index contributed by atoms with van der Waals surface area (Å²) in [6.45, 7) is 2.38. The number of hydrogen-bond acceptors (Lipinski definition) is 5. The van der Waals surface area contributed by atoms with Crippen molar-refractivity contribution in [2.45, 2.75) is 6.42 Å². The van der Waals surface area contributed by atoms with Gasteiger partial charge in [-0.3, -0.25) is 9.89 Å². The highest BCUT2D eigenvalue weighted by atomic mass is 16.5. The molecule has 1 saturated heterocycles. The molecule has 1 aliphatic heterocycles. The molecule has 128 valence electrons. The number of nitrogens with one attached hydrogen (secondary N) is 1. The molecule has 0 saturated carbocycles. The van der Waals surface area contributed by atoms with Gasteiger partial charge in [-0.25, -0.2) is 9.97 Å². The Kier molecular flexibility index (Phi) is 4.39. The van der Waals surface area contributed by atoms with Crippen molar-refractivity contribution in [2.75, 3.05) is 26.3 Å². The number of aromatic amines is 1. The van der Waals surface area contributed by atoms with E-state index in [4.69, 9.17) is 4.74 Å². The minimum Gasteiger partial charge on any atom is -0.379 e. The van der Waals surface area contributed by atoms with E-state index in [0.29, 0.717) is 26.3 Å². The molecule has 7 heteroatoms. The monoisotopic (exact) mass is 337 g/mol. The van der Waals surface area contributed by atoms with Gasteiger partial charge in [-0.2, -0.15) is 5.10 Å². The Labute approximate surface area is 145 Å². The highest BCUT2D eigenvalue weighted by molar-refractivity contribution is 5.90. The number of hydrogen-bond donors (Lipinski definition) is 1. The second kappa shape index (κ2) is 6.98. The minimum absolute atomic E-state index is 0.138. The first-order valence-corrected chi connectivity index (χ1v) is 8.35. The molecular weight excluding hydrogens is 318 g/mol. The van der Waals surface area contributed by atoms with Gasteiger partial charge in [0.2, 0.25) is 5.82 Å². The van der Waals surface area contributed by atoms with Crippen LogP contribution in [0.2, 0.25) is 0 Å². The first-order chi connectivity index (χ1) is 12.3. The van der Waals surface area contributed by atoms with Gasteiger partial charge in [0, 0.05) is 36.8 Å². The summed E-state index contributed by atoms with van der Waals surface area (Å²) in [6, 6.07) is 7.97. The summed E-state index contributed by atoms with van der Waals surface area (Å²) in [5, 5.41) is 8.11. The molecule has 0 bridgehead atoms. The first kappa shape index (κ1) is 15.7. The number of carbonyl (C=O) groups excluding carboxylic acids is 1. The lowest BCUT2D eigenvalue weighted by Gasteiger charge is -2.23. The van der Waals surface area contributed by atoms with E-state index < -0.39 is 0 Å². The zero-order valence-corrected chi connectivity index (χ0v) is 13.8. The van der Waals surface area contributed by atoms with Crippen LogP contribution >= 0.6 is 0 Å². The van der Waals surface area contributed by atoms with E-state index in [9.17, 15) is 4.79 Å². The third-order valence-electron chi connectivity index (χ3n) is 4.41. The quantitative estimate of drug-likeness (QED) is 0.786. The highest BCUT2D eigenvalue weighted by Crippen LogP contribution is 2.19. The van der Waals surface area contributed by atoms with Crippen molar-refractivity contribution in [1.29, 1.82) is 0 Å². The Morgan fingerprint density at radius 2 is 2.20 bits per heavy atom. The number of benzene rings is 1. The predicted octanol–water partition coefficient (Wildman–Crippen LogP) is 1.68. The Hall–Kier alpha value is -2.80. The summed E-state index contributed by atoms with van der Waals surface area (Å²) in [5.41, 5.74) is 2.24. The first-order valence-electron chi connectivity index (χ1n) is 8.35. The number of aromatic nitrogens is 4. The maximum atomic E-state index is 12.6. The normalized spacial score (nSPS) is 18.2. The molecule has 2 aromatic heterocycles. The van der Waals surface area contributed by atoms with Crippen molar-refractivity contribution >= 4 is 16.8 Å². The molecule has 0 unspecified atom stereocenters. The molecule has 1 fully saturated rings. The van der Waals surface area contributed by atoms with E-state index in [1.54, 1.807) is 23.4 Å². The van der Waals surface area contributed by atoms with Crippen LogP contribution < -0.4 is 0 Å². The summed E-state index contributed by atoms with van der Waals surface area (Å²) < 4.78 is 5.71. The van der Waals surface area contributed by atoms with E-state index >= 15 is 0 Å². The molecule has 1 amide bonds. The van der Waals surface area contributed by atoms with Crippen molar-refractivity contribution in [2.24, 2.45) is 5.92 Å². The summed E-state index contributed by atoms with van der Waals surface area (Å²) in [5.74, 6) is 0.337. The van der Waals surface area contributed by atoms with Crippen LogP contribution in [-0.4, -0.2) is 57.3 Å². The third-order valence-corrected chi connectivity index (χ3v) is 4.41. The number of carbonyl (C=O) groups is 1. The average Bonchev–Trinajstić information content (AvgIpc) is 2.99. The molecule has 3 aromatic rings. The van der Waals surface area contributed by atoms with Crippen LogP contribution in [0.3, 0.4) is 0 Å². The maximum Gasteiger partial charge on any atom is 0.291 e. The molecule has 0 spiro atoms. The van der Waals surface area contributed by atoms with Crippen LogP contribution in [0.15, 0.2) is 42.9 Å². The van der Waals surface area contributed by atoms with Crippen LogP contribution in [0.1, 0.15) is 16.2 Å². The highest BCUT2D eigenvalue weighted by Gasteiger charge is 2.25. The second-order valence-electron chi connectivity index (χ2n) is 6.26. The Balaban J connectivity index is 1.48. The molecule has 1 aromatic carbocycles. The number of nitrogens with zero attached hydrogens (tertiary/aromatic N) is 4. The summed E-state index contributed by atoms with van der Waals surface area (Å²) in [6.07, 6.45) is 5.85. The summed E-state index contributed by atoms with van der Waals surface area (Å²) in [4.78, 5) is 22.6. The summed E-state index contributed by atoms with van der Waals surface area (Å²) >= 11 is 0. The van der Waals surface area contributed by atoms with E-state index in [0.717, 1.165) is 17.3 Å². The smallest absolute Gasteiger partial charge is 0.291 e. The van der Waals surface area contributed by atoms with Gasteiger partial charge in [-0.05, 0) is 30.2 Å². The fraction of sp³-hybridized carbons (Fsp3) is 0.333. The number of H-pyrrole nitrogens is 1. The average molecular weight is 337 g/mol. The molecular formula is C18H19N5O2. The zero-order chi connectivity index (χ0) is 17.1. The molecule has 0 radical (unpaired) electrons. The molecule has 1 N–H and O–H groups in total. The van der Waals surface area contributed by atoms with Crippen molar-refractivity contribution in [3.8, 4) is 0 Å². The fourth-order valence-electron chi connectivity index (χ4n) is 3.19. The van der Waals surface area contributed by atoms with Crippen molar-refractivity contribution in [1.82, 2.24) is 25.1 Å². The van der Waals surface area contributed by atoms with E-state index in [1.165, 1.54) is 5.56 Å². The SMILES string of the molecule is O=C(c1ncccn1)N1CCOC[C@H](Cc2ccc3[nH]ncc3c2)C1. The van der Waals surface area contributed by atoms with Crippen molar-refractivity contribution in [3.63, 3.8) is 0 Å². The number of ether oxygens (including phenoxy) is 1. The van der Waals surface area contributed by atoms with Crippen LogP contribution in [-0.2, 0) is 11.2 Å². The van der Waals surface area contributed by atoms with E-state index in [-0.39, 0.29) is 17.6 Å². The van der Waals surface area contributed by atoms with E-state index in [2.05, 4.69) is 32.3 Å². The topological polar surface area (TPSA) is 84.0 Å². The number of amides is 1. The lowest BCUT2D eigenvalue weighted by Crippen LogP contribution is -2.37. The van der Waals surface area contributed by atoms with Crippen molar-refractivity contribution < 1.29 is 9.53 Å². The van der Waals surface area contributed by atoms with Gasteiger partial charge in [0.25, 0.3) is 5.91 Å². The Bertz CT molecular complexity index is 864. The standard InChI is InChI=1S/C18H19N5O2/c24-18(17-19-4-1-5-20-17)23-6-7-25-12-14(11-23)8-13-2-3-16-15(9-13)10-21-22-16/h1-5,9-10,14H,6-8,11-12H2,(H,21,22)/t14-/m1/s1. The van der Waals surface area contributed by atoms with Crippen LogP contribution in [0.25, 0.3) is 10.9 Å². The molecule has 1 atom stereocenters.